The van der Waals surface area contributed by atoms with Crippen LogP contribution in [0.25, 0.3) is 0 Å². The molecule has 4 aliphatic rings. The number of nitrogens with zero attached hydrogens (tertiary/aromatic N) is 1. The summed E-state index contributed by atoms with van der Waals surface area (Å²) in [7, 11) is 0. The summed E-state index contributed by atoms with van der Waals surface area (Å²) in [4.78, 5) is 28.2. The summed E-state index contributed by atoms with van der Waals surface area (Å²) in [5.74, 6) is -0.0567. The van der Waals surface area contributed by atoms with Crippen LogP contribution in [0.3, 0.4) is 0 Å². The number of hydrogen-bond donors (Lipinski definition) is 1. The van der Waals surface area contributed by atoms with E-state index in [0.717, 1.165) is 37.0 Å². The smallest absolute Gasteiger partial charge is 0.236 e. The van der Waals surface area contributed by atoms with Crippen molar-refractivity contribution in [2.75, 3.05) is 26.3 Å². The van der Waals surface area contributed by atoms with Gasteiger partial charge < -0.3 is 19.7 Å². The topological polar surface area (TPSA) is 67.9 Å². The van der Waals surface area contributed by atoms with Gasteiger partial charge in [-0.05, 0) is 24.5 Å². The van der Waals surface area contributed by atoms with Gasteiger partial charge in [-0.25, -0.2) is 0 Å². The van der Waals surface area contributed by atoms with Crippen LogP contribution in [0.1, 0.15) is 37.2 Å². The predicted octanol–water partition coefficient (Wildman–Crippen LogP) is 1.65. The zero-order valence-electron chi connectivity index (χ0n) is 14.8. The van der Waals surface area contributed by atoms with Crippen LogP contribution in [0.15, 0.2) is 24.3 Å². The molecule has 0 unspecified atom stereocenters. The minimum absolute atomic E-state index is 0.0633. The average Bonchev–Trinajstić information content (AvgIpc) is 2.67. The van der Waals surface area contributed by atoms with E-state index in [0.29, 0.717) is 26.3 Å². The van der Waals surface area contributed by atoms with E-state index in [1.54, 1.807) is 4.90 Å². The van der Waals surface area contributed by atoms with Crippen molar-refractivity contribution in [3.05, 3.63) is 29.8 Å². The molecule has 2 bridgehead atoms. The monoisotopic (exact) mass is 356 g/mol. The van der Waals surface area contributed by atoms with Crippen molar-refractivity contribution in [3.8, 4) is 5.75 Å². The number of para-hydroxylation sites is 1. The van der Waals surface area contributed by atoms with Crippen LogP contribution in [-0.4, -0.2) is 48.7 Å². The molecule has 138 valence electrons. The van der Waals surface area contributed by atoms with E-state index in [9.17, 15) is 9.59 Å². The van der Waals surface area contributed by atoms with Crippen molar-refractivity contribution in [1.29, 1.82) is 0 Å². The molecular weight excluding hydrogens is 332 g/mol. The van der Waals surface area contributed by atoms with Gasteiger partial charge in [0.15, 0.2) is 5.72 Å². The number of nitrogens with one attached hydrogen (secondary N) is 1. The first-order valence-electron chi connectivity index (χ1n) is 9.66. The summed E-state index contributed by atoms with van der Waals surface area (Å²) in [5.41, 5.74) is 0.368. The Balaban J connectivity index is 1.58. The van der Waals surface area contributed by atoms with E-state index in [-0.39, 0.29) is 23.7 Å². The second kappa shape index (κ2) is 5.98. The fraction of sp³-hybridized carbons (Fsp3) is 0.600. The van der Waals surface area contributed by atoms with E-state index < -0.39 is 11.6 Å². The summed E-state index contributed by atoms with van der Waals surface area (Å²) in [6.07, 6.45) is 3.94. The number of fused-ring (bicyclic) bond motifs is 2. The highest BCUT2D eigenvalue weighted by molar-refractivity contribution is 6.02. The predicted molar refractivity (Wildman–Crippen MR) is 93.5 cm³/mol. The number of ether oxygens (including phenoxy) is 2. The molecule has 26 heavy (non-hydrogen) atoms. The molecular formula is C20H24N2O4. The van der Waals surface area contributed by atoms with Crippen molar-refractivity contribution < 1.29 is 19.1 Å². The summed E-state index contributed by atoms with van der Waals surface area (Å²) < 4.78 is 11.7. The number of carbonyl (C=O) groups is 2. The Morgan fingerprint density at radius 3 is 2.85 bits per heavy atom. The first-order chi connectivity index (χ1) is 12.7. The maximum absolute atomic E-state index is 13.3. The molecule has 6 nitrogen and oxygen atoms in total. The molecule has 3 aliphatic heterocycles. The molecule has 0 radical (unpaired) electrons. The second-order valence-corrected chi connectivity index (χ2v) is 7.81. The molecule has 0 spiro atoms. The third-order valence-corrected chi connectivity index (χ3v) is 6.48. The van der Waals surface area contributed by atoms with E-state index in [1.165, 1.54) is 0 Å². The van der Waals surface area contributed by atoms with Crippen LogP contribution < -0.4 is 10.1 Å². The van der Waals surface area contributed by atoms with Crippen LogP contribution in [-0.2, 0) is 14.3 Å². The maximum Gasteiger partial charge on any atom is 0.236 e. The highest BCUT2D eigenvalue weighted by atomic mass is 16.5. The molecule has 1 N–H and O–H groups in total. The van der Waals surface area contributed by atoms with E-state index in [1.807, 2.05) is 24.3 Å². The first-order valence-corrected chi connectivity index (χ1v) is 9.66. The molecule has 1 aromatic carbocycles. The van der Waals surface area contributed by atoms with Crippen molar-refractivity contribution in [3.63, 3.8) is 0 Å². The normalized spacial score (nSPS) is 35.6. The quantitative estimate of drug-likeness (QED) is 0.777. The van der Waals surface area contributed by atoms with Crippen molar-refractivity contribution in [1.82, 2.24) is 10.2 Å². The van der Waals surface area contributed by atoms with Gasteiger partial charge in [0.25, 0.3) is 0 Å². The SMILES string of the molecule is O=C1N[C@@]23CCCC[C@H]2[C@@H](c2ccccc2O3)[C@H]1C(=O)N1CCOCC1. The molecule has 4 atom stereocenters. The average molecular weight is 356 g/mol. The zero-order valence-corrected chi connectivity index (χ0v) is 14.8. The Morgan fingerprint density at radius 2 is 2.00 bits per heavy atom. The van der Waals surface area contributed by atoms with Crippen LogP contribution in [0.5, 0.6) is 5.75 Å². The Kier molecular flexibility index (Phi) is 3.71. The van der Waals surface area contributed by atoms with Gasteiger partial charge in [0.05, 0.1) is 13.2 Å². The minimum Gasteiger partial charge on any atom is -0.467 e. The van der Waals surface area contributed by atoms with Crippen LogP contribution in [0, 0.1) is 11.8 Å². The van der Waals surface area contributed by atoms with E-state index >= 15 is 0 Å². The van der Waals surface area contributed by atoms with Crippen molar-refractivity contribution in [2.24, 2.45) is 11.8 Å². The van der Waals surface area contributed by atoms with Gasteiger partial charge in [0.2, 0.25) is 11.8 Å². The van der Waals surface area contributed by atoms with Crippen LogP contribution >= 0.6 is 0 Å². The first kappa shape index (κ1) is 16.1. The Hall–Kier alpha value is -2.08. The molecule has 1 saturated carbocycles. The lowest BCUT2D eigenvalue weighted by Crippen LogP contribution is -2.70. The number of carbonyl (C=O) groups excluding carboxylic acids is 2. The molecule has 3 fully saturated rings. The number of amides is 2. The summed E-state index contributed by atoms with van der Waals surface area (Å²) in [6.45, 7) is 2.20. The lowest BCUT2D eigenvalue weighted by molar-refractivity contribution is -0.167. The highest BCUT2D eigenvalue weighted by Gasteiger charge is 2.61. The Morgan fingerprint density at radius 1 is 1.19 bits per heavy atom. The van der Waals surface area contributed by atoms with Crippen LogP contribution in [0.4, 0.5) is 0 Å². The second-order valence-electron chi connectivity index (χ2n) is 7.81. The van der Waals surface area contributed by atoms with Gasteiger partial charge in [0.1, 0.15) is 11.7 Å². The lowest BCUT2D eigenvalue weighted by atomic mass is 9.62. The molecule has 1 aliphatic carbocycles. The molecule has 5 rings (SSSR count). The minimum atomic E-state index is -0.672. The lowest BCUT2D eigenvalue weighted by Gasteiger charge is -2.56. The number of rotatable bonds is 1. The van der Waals surface area contributed by atoms with Crippen molar-refractivity contribution >= 4 is 11.8 Å². The van der Waals surface area contributed by atoms with Gasteiger partial charge in [-0.1, -0.05) is 24.6 Å². The van der Waals surface area contributed by atoms with Crippen LogP contribution in [0.2, 0.25) is 0 Å². The summed E-state index contributed by atoms with van der Waals surface area (Å²) >= 11 is 0. The summed E-state index contributed by atoms with van der Waals surface area (Å²) in [6, 6.07) is 7.91. The van der Waals surface area contributed by atoms with E-state index in [2.05, 4.69) is 5.32 Å². The summed E-state index contributed by atoms with van der Waals surface area (Å²) in [5, 5.41) is 3.13. The third-order valence-electron chi connectivity index (χ3n) is 6.48. The fourth-order valence-electron chi connectivity index (χ4n) is 5.32. The molecule has 6 heteroatoms. The van der Waals surface area contributed by atoms with Gasteiger partial charge in [-0.3, -0.25) is 9.59 Å². The van der Waals surface area contributed by atoms with E-state index in [4.69, 9.17) is 9.47 Å². The van der Waals surface area contributed by atoms with Gasteiger partial charge >= 0.3 is 0 Å². The molecule has 2 saturated heterocycles. The third kappa shape index (κ3) is 2.28. The Bertz CT molecular complexity index is 745. The van der Waals surface area contributed by atoms with Crippen molar-refractivity contribution in [2.45, 2.75) is 37.3 Å². The Labute approximate surface area is 152 Å². The van der Waals surface area contributed by atoms with Gasteiger partial charge in [0, 0.05) is 31.3 Å². The van der Waals surface area contributed by atoms with Gasteiger partial charge in [-0.15, -0.1) is 0 Å². The largest absolute Gasteiger partial charge is 0.467 e. The molecule has 0 aromatic heterocycles. The number of hydrogen-bond acceptors (Lipinski definition) is 4. The number of piperidine rings is 1. The molecule has 3 heterocycles. The molecule has 2 amide bonds. The maximum atomic E-state index is 13.3. The fourth-order valence-corrected chi connectivity index (χ4v) is 5.32. The molecule has 1 aromatic rings. The van der Waals surface area contributed by atoms with Gasteiger partial charge in [-0.2, -0.15) is 0 Å². The number of morpholine rings is 1. The zero-order chi connectivity index (χ0) is 17.7. The number of benzene rings is 1. The highest BCUT2D eigenvalue weighted by Crippen LogP contribution is 2.55. The standard InChI is InChI=1S/C20H24N2O4/c23-18-17(19(24)22-9-11-25-12-10-22)16-13-5-1-2-7-15(13)26-20(21-18)8-4-3-6-14(16)20/h1-2,5,7,14,16-17H,3-4,6,8-12H2,(H,21,23)/t14-,16+,17+,20+/m0/s1.